The van der Waals surface area contributed by atoms with Gasteiger partial charge in [-0.15, -0.1) is 0 Å². The molecular weight excluding hydrogens is 412 g/mol. The molecule has 0 radical (unpaired) electrons. The van der Waals surface area contributed by atoms with Gasteiger partial charge in [-0.05, 0) is 60.5 Å². The first kappa shape index (κ1) is 29.3. The summed E-state index contributed by atoms with van der Waals surface area (Å²) in [5, 5.41) is 9.17. The summed E-state index contributed by atoms with van der Waals surface area (Å²) in [6, 6.07) is 9.27. The number of carboxylic acids is 1. The van der Waals surface area contributed by atoms with Crippen LogP contribution in [0.5, 0.6) is 0 Å². The fourth-order valence-electron chi connectivity index (χ4n) is 2.51. The van der Waals surface area contributed by atoms with E-state index in [1.807, 2.05) is 51.1 Å². The van der Waals surface area contributed by atoms with Crippen molar-refractivity contribution in [3.05, 3.63) is 35.9 Å². The number of aliphatic carboxylic acids is 1. The highest BCUT2D eigenvalue weighted by Crippen LogP contribution is 2.16. The summed E-state index contributed by atoms with van der Waals surface area (Å²) in [5.41, 5.74) is -0.154. The molecule has 180 valence electrons. The molecule has 0 aliphatic rings. The quantitative estimate of drug-likeness (QED) is 0.577. The molecule has 0 aromatic heterocycles. The van der Waals surface area contributed by atoms with Crippen molar-refractivity contribution in [3.63, 3.8) is 0 Å². The van der Waals surface area contributed by atoms with Crippen LogP contribution in [0.2, 0.25) is 0 Å². The zero-order valence-corrected chi connectivity index (χ0v) is 20.6. The number of carbonyl (C=O) groups is 4. The van der Waals surface area contributed by atoms with Crippen LogP contribution in [0.25, 0.3) is 0 Å². The monoisotopic (exact) mass is 450 g/mol. The molecule has 0 aliphatic heterocycles. The summed E-state index contributed by atoms with van der Waals surface area (Å²) in [5.74, 6) is -2.74. The number of carbonyl (C=O) groups excluding carboxylic acids is 3. The van der Waals surface area contributed by atoms with E-state index < -0.39 is 29.1 Å². The maximum absolute atomic E-state index is 11.7. The Bertz CT molecular complexity index is 755. The Morgan fingerprint density at radius 1 is 0.844 bits per heavy atom. The van der Waals surface area contributed by atoms with Gasteiger partial charge in [0, 0.05) is 5.92 Å². The van der Waals surface area contributed by atoms with Gasteiger partial charge < -0.3 is 14.6 Å². The lowest BCUT2D eigenvalue weighted by molar-refractivity contribution is -0.159. The molecule has 0 amide bonds. The predicted molar refractivity (Wildman–Crippen MR) is 122 cm³/mol. The molecule has 32 heavy (non-hydrogen) atoms. The van der Waals surface area contributed by atoms with Gasteiger partial charge in [-0.3, -0.25) is 19.2 Å². The number of rotatable bonds is 8. The summed E-state index contributed by atoms with van der Waals surface area (Å²) in [7, 11) is 0. The molecule has 1 aromatic rings. The van der Waals surface area contributed by atoms with E-state index in [4.69, 9.17) is 9.47 Å². The lowest BCUT2D eigenvalue weighted by Gasteiger charge is -2.21. The van der Waals surface area contributed by atoms with Crippen LogP contribution in [0.1, 0.15) is 73.8 Å². The molecule has 7 nitrogen and oxygen atoms in total. The average molecular weight is 451 g/mol. The normalized spacial score (nSPS) is 13.1. The van der Waals surface area contributed by atoms with Crippen molar-refractivity contribution in [2.45, 2.75) is 85.9 Å². The van der Waals surface area contributed by atoms with Crippen LogP contribution in [0, 0.1) is 11.8 Å². The zero-order chi connectivity index (χ0) is 25.1. The summed E-state index contributed by atoms with van der Waals surface area (Å²) in [4.78, 5) is 44.9. The molecule has 0 fully saturated rings. The maximum atomic E-state index is 11.7. The third-order valence-electron chi connectivity index (χ3n) is 4.09. The van der Waals surface area contributed by atoms with E-state index in [9.17, 15) is 24.3 Å². The first-order valence-corrected chi connectivity index (χ1v) is 10.7. The average Bonchev–Trinajstić information content (AvgIpc) is 2.59. The van der Waals surface area contributed by atoms with Gasteiger partial charge in [-0.2, -0.15) is 0 Å². The van der Waals surface area contributed by atoms with Gasteiger partial charge in [0.15, 0.2) is 0 Å². The molecule has 1 N–H and O–H groups in total. The van der Waals surface area contributed by atoms with Crippen molar-refractivity contribution >= 4 is 23.7 Å². The molecule has 0 aliphatic carbocycles. The van der Waals surface area contributed by atoms with E-state index in [0.717, 1.165) is 5.56 Å². The summed E-state index contributed by atoms with van der Waals surface area (Å²) in [6.07, 6.45) is 0.392. The molecule has 0 saturated carbocycles. The molecule has 0 spiro atoms. The van der Waals surface area contributed by atoms with Crippen molar-refractivity contribution in [1.29, 1.82) is 0 Å². The van der Waals surface area contributed by atoms with Crippen LogP contribution in [-0.4, -0.2) is 40.0 Å². The van der Waals surface area contributed by atoms with Gasteiger partial charge in [-0.25, -0.2) is 0 Å². The van der Waals surface area contributed by atoms with E-state index in [2.05, 4.69) is 0 Å². The van der Waals surface area contributed by atoms with Crippen LogP contribution in [0.4, 0.5) is 0 Å². The molecule has 0 unspecified atom stereocenters. The number of benzene rings is 1. The van der Waals surface area contributed by atoms with Crippen LogP contribution in [-0.2, 0) is 35.1 Å². The summed E-state index contributed by atoms with van der Waals surface area (Å²) < 4.78 is 10.2. The van der Waals surface area contributed by atoms with Crippen molar-refractivity contribution in [1.82, 2.24) is 0 Å². The molecule has 1 aromatic carbocycles. The van der Waals surface area contributed by atoms with Gasteiger partial charge in [0.05, 0.1) is 18.8 Å². The fraction of sp³-hybridized carbons (Fsp3) is 0.600. The van der Waals surface area contributed by atoms with Crippen molar-refractivity contribution in [2.75, 3.05) is 0 Å². The van der Waals surface area contributed by atoms with E-state index in [0.29, 0.717) is 6.42 Å². The molecule has 0 saturated heterocycles. The van der Waals surface area contributed by atoms with Crippen molar-refractivity contribution in [2.24, 2.45) is 11.8 Å². The Morgan fingerprint density at radius 2 is 1.28 bits per heavy atom. The Labute approximate surface area is 191 Å². The topological polar surface area (TPSA) is 107 Å². The number of esters is 2. The summed E-state index contributed by atoms with van der Waals surface area (Å²) >= 11 is 0. The molecule has 1 rings (SSSR count). The number of ketones is 1. The van der Waals surface area contributed by atoms with Gasteiger partial charge in [0.2, 0.25) is 0 Å². The number of ether oxygens (including phenoxy) is 2. The molecule has 0 bridgehead atoms. The Hall–Kier alpha value is -2.70. The maximum Gasteiger partial charge on any atom is 0.307 e. The highest BCUT2D eigenvalue weighted by molar-refractivity contribution is 5.83. The highest BCUT2D eigenvalue weighted by atomic mass is 16.6. The zero-order valence-electron chi connectivity index (χ0n) is 20.6. The second kappa shape index (κ2) is 13.0. The Kier molecular flexibility index (Phi) is 11.9. The van der Waals surface area contributed by atoms with Gasteiger partial charge >= 0.3 is 17.9 Å². The third kappa shape index (κ3) is 15.2. The molecular formula is C25H38O7. The molecule has 2 atom stereocenters. The lowest BCUT2D eigenvalue weighted by atomic mass is 9.96. The van der Waals surface area contributed by atoms with Crippen LogP contribution < -0.4 is 0 Å². The SMILES string of the molecule is CC(=O)[C@@H](C)CC(=O)OC(C)(C)C.CC(C)(C)OC(=O)C[C@H](Cc1ccccc1)C(=O)O. The highest BCUT2D eigenvalue weighted by Gasteiger charge is 2.25. The third-order valence-corrected chi connectivity index (χ3v) is 4.09. The van der Waals surface area contributed by atoms with E-state index in [1.54, 1.807) is 27.7 Å². The van der Waals surface area contributed by atoms with Crippen LogP contribution in [0.15, 0.2) is 30.3 Å². The fourth-order valence-corrected chi connectivity index (χ4v) is 2.51. The van der Waals surface area contributed by atoms with Crippen molar-refractivity contribution in [3.8, 4) is 0 Å². The minimum Gasteiger partial charge on any atom is -0.481 e. The predicted octanol–water partition coefficient (Wildman–Crippen LogP) is 4.61. The first-order chi connectivity index (χ1) is 14.5. The minimum atomic E-state index is -0.977. The molecule has 0 heterocycles. The van der Waals surface area contributed by atoms with Crippen LogP contribution in [0.3, 0.4) is 0 Å². The lowest BCUT2D eigenvalue weighted by Crippen LogP contribution is -2.28. The Morgan fingerprint density at radius 3 is 1.66 bits per heavy atom. The van der Waals surface area contributed by atoms with E-state index >= 15 is 0 Å². The smallest absolute Gasteiger partial charge is 0.307 e. The number of Topliss-reactive ketones (excluding diaryl/α,β-unsaturated/α-hetero) is 1. The van der Waals surface area contributed by atoms with Gasteiger partial charge in [0.1, 0.15) is 17.0 Å². The van der Waals surface area contributed by atoms with Gasteiger partial charge in [0.25, 0.3) is 0 Å². The minimum absolute atomic E-state index is 0.0193. The van der Waals surface area contributed by atoms with Crippen LogP contribution >= 0.6 is 0 Å². The first-order valence-electron chi connectivity index (χ1n) is 10.7. The van der Waals surface area contributed by atoms with Gasteiger partial charge in [-0.1, -0.05) is 37.3 Å². The summed E-state index contributed by atoms with van der Waals surface area (Å²) in [6.45, 7) is 13.9. The largest absolute Gasteiger partial charge is 0.481 e. The van der Waals surface area contributed by atoms with E-state index in [-0.39, 0.29) is 30.5 Å². The number of hydrogen-bond acceptors (Lipinski definition) is 6. The number of carboxylic acid groups (broad SMARTS) is 1. The molecule has 7 heteroatoms. The standard InChI is InChI=1S/C15H20O4.C10H18O3/c1-15(2,3)19-13(16)10-12(14(17)18)9-11-7-5-4-6-8-11;1-7(8(2)11)6-9(12)13-10(3,4)5/h4-8,12H,9-10H2,1-3H3,(H,17,18);7H,6H2,1-5H3/t12-;7-/m00/s1. The Balaban J connectivity index is 0.000000649. The van der Waals surface area contributed by atoms with E-state index in [1.165, 1.54) is 6.92 Å². The second-order valence-electron chi connectivity index (χ2n) is 9.82. The van der Waals surface area contributed by atoms with Crippen molar-refractivity contribution < 1.29 is 33.8 Å². The number of hydrogen-bond donors (Lipinski definition) is 1. The second-order valence-corrected chi connectivity index (χ2v) is 9.82.